The Balaban J connectivity index is 1.56. The second-order valence-corrected chi connectivity index (χ2v) is 9.24. The van der Waals surface area contributed by atoms with Crippen LogP contribution in [-0.4, -0.2) is 38.3 Å². The van der Waals surface area contributed by atoms with Crippen LogP contribution in [0.3, 0.4) is 0 Å². The molecule has 0 spiro atoms. The third kappa shape index (κ3) is 3.51. The van der Waals surface area contributed by atoms with Crippen LogP contribution in [0.2, 0.25) is 0 Å². The SMILES string of the molecule is CC(C)[C@H](CN=C1NS(=O)(=O)c2ccccc21)N1CCc2ccccc2C1. The number of rotatable bonds is 4. The topological polar surface area (TPSA) is 61.8 Å². The van der Waals surface area contributed by atoms with Crippen LogP contribution < -0.4 is 4.72 Å². The van der Waals surface area contributed by atoms with E-state index >= 15 is 0 Å². The Hall–Kier alpha value is -2.18. The minimum atomic E-state index is -3.48. The Kier molecular flexibility index (Phi) is 4.78. The number of nitrogens with one attached hydrogen (secondary N) is 1. The quantitative estimate of drug-likeness (QED) is 0.883. The van der Waals surface area contributed by atoms with Crippen molar-refractivity contribution < 1.29 is 8.42 Å². The monoisotopic (exact) mass is 383 g/mol. The molecule has 0 unspecified atom stereocenters. The van der Waals surface area contributed by atoms with Crippen molar-refractivity contribution in [1.29, 1.82) is 0 Å². The van der Waals surface area contributed by atoms with Gasteiger partial charge in [0, 0.05) is 24.7 Å². The second-order valence-electron chi connectivity index (χ2n) is 7.59. The zero-order valence-corrected chi connectivity index (χ0v) is 16.5. The van der Waals surface area contributed by atoms with Gasteiger partial charge in [0.15, 0.2) is 0 Å². The molecule has 142 valence electrons. The molecule has 6 heteroatoms. The minimum absolute atomic E-state index is 0.267. The van der Waals surface area contributed by atoms with Gasteiger partial charge < -0.3 is 0 Å². The number of hydrogen-bond donors (Lipinski definition) is 1. The predicted molar refractivity (Wildman–Crippen MR) is 107 cm³/mol. The lowest BCUT2D eigenvalue weighted by molar-refractivity contribution is 0.145. The van der Waals surface area contributed by atoms with Crippen LogP contribution >= 0.6 is 0 Å². The van der Waals surface area contributed by atoms with E-state index in [4.69, 9.17) is 4.99 Å². The lowest BCUT2D eigenvalue weighted by atomic mass is 9.95. The lowest BCUT2D eigenvalue weighted by Gasteiger charge is -2.37. The molecule has 2 aliphatic rings. The van der Waals surface area contributed by atoms with E-state index in [1.165, 1.54) is 11.1 Å². The van der Waals surface area contributed by atoms with E-state index in [9.17, 15) is 8.42 Å². The predicted octanol–water partition coefficient (Wildman–Crippen LogP) is 2.81. The van der Waals surface area contributed by atoms with Crippen LogP contribution in [0.25, 0.3) is 0 Å². The summed E-state index contributed by atoms with van der Waals surface area (Å²) in [5.41, 5.74) is 3.48. The Bertz CT molecular complexity index is 982. The van der Waals surface area contributed by atoms with E-state index in [-0.39, 0.29) is 6.04 Å². The maximum Gasteiger partial charge on any atom is 0.263 e. The Morgan fingerprint density at radius 1 is 1.07 bits per heavy atom. The Morgan fingerprint density at radius 2 is 1.78 bits per heavy atom. The molecule has 1 N–H and O–H groups in total. The molecule has 2 heterocycles. The average Bonchev–Trinajstić information content (AvgIpc) is 2.92. The van der Waals surface area contributed by atoms with E-state index in [1.807, 2.05) is 12.1 Å². The van der Waals surface area contributed by atoms with Crippen molar-refractivity contribution in [2.75, 3.05) is 13.1 Å². The van der Waals surface area contributed by atoms with Crippen LogP contribution in [0.1, 0.15) is 30.5 Å². The number of benzene rings is 2. The molecule has 0 saturated carbocycles. The summed E-state index contributed by atoms with van der Waals surface area (Å²) in [5, 5.41) is 0. The van der Waals surface area contributed by atoms with Crippen LogP contribution in [0.4, 0.5) is 0 Å². The van der Waals surface area contributed by atoms with Crippen molar-refractivity contribution in [3.8, 4) is 0 Å². The maximum atomic E-state index is 12.3. The summed E-state index contributed by atoms with van der Waals surface area (Å²) in [7, 11) is -3.48. The van der Waals surface area contributed by atoms with Gasteiger partial charge in [0.2, 0.25) is 0 Å². The van der Waals surface area contributed by atoms with Gasteiger partial charge >= 0.3 is 0 Å². The van der Waals surface area contributed by atoms with Crippen LogP contribution in [0, 0.1) is 5.92 Å². The molecule has 2 aliphatic heterocycles. The molecule has 0 aromatic heterocycles. The van der Waals surface area contributed by atoms with Crippen molar-refractivity contribution in [2.45, 2.75) is 37.8 Å². The maximum absolute atomic E-state index is 12.3. The molecule has 0 amide bonds. The average molecular weight is 384 g/mol. The van der Waals surface area contributed by atoms with Crippen molar-refractivity contribution in [1.82, 2.24) is 9.62 Å². The summed E-state index contributed by atoms with van der Waals surface area (Å²) in [5.74, 6) is 0.890. The fourth-order valence-corrected chi connectivity index (χ4v) is 5.24. The van der Waals surface area contributed by atoms with Crippen molar-refractivity contribution in [3.63, 3.8) is 0 Å². The van der Waals surface area contributed by atoms with Gasteiger partial charge in [-0.1, -0.05) is 50.2 Å². The van der Waals surface area contributed by atoms with Gasteiger partial charge in [-0.15, -0.1) is 0 Å². The number of fused-ring (bicyclic) bond motifs is 2. The molecule has 0 aliphatic carbocycles. The van der Waals surface area contributed by atoms with E-state index in [0.717, 1.165) is 19.5 Å². The van der Waals surface area contributed by atoms with E-state index < -0.39 is 10.0 Å². The van der Waals surface area contributed by atoms with Crippen LogP contribution in [0.15, 0.2) is 58.4 Å². The first kappa shape index (κ1) is 18.2. The van der Waals surface area contributed by atoms with Crippen molar-refractivity contribution >= 4 is 15.9 Å². The van der Waals surface area contributed by atoms with E-state index in [0.29, 0.717) is 28.8 Å². The standard InChI is InChI=1S/C21H25N3O2S/c1-15(2)19(24-12-11-16-7-3-4-8-17(16)14-24)13-22-21-18-9-5-6-10-20(18)27(25,26)23-21/h3-10,15,19H,11-14H2,1-2H3,(H,22,23)/t19-/m0/s1. The van der Waals surface area contributed by atoms with Gasteiger partial charge in [0.05, 0.1) is 11.4 Å². The minimum Gasteiger partial charge on any atom is -0.294 e. The molecule has 0 bridgehead atoms. The first-order valence-corrected chi connectivity index (χ1v) is 10.9. The second kappa shape index (κ2) is 7.09. The smallest absolute Gasteiger partial charge is 0.263 e. The fraction of sp³-hybridized carbons (Fsp3) is 0.381. The molecule has 0 fully saturated rings. The molecule has 1 atom stereocenters. The molecule has 27 heavy (non-hydrogen) atoms. The summed E-state index contributed by atoms with van der Waals surface area (Å²) < 4.78 is 27.2. The highest BCUT2D eigenvalue weighted by molar-refractivity contribution is 7.90. The summed E-state index contributed by atoms with van der Waals surface area (Å²) in [6.45, 7) is 6.92. The molecular weight excluding hydrogens is 358 g/mol. The van der Waals surface area contributed by atoms with Gasteiger partial charge in [0.1, 0.15) is 5.84 Å². The molecule has 2 aromatic carbocycles. The first-order chi connectivity index (χ1) is 13.0. The number of amidine groups is 1. The molecular formula is C21H25N3O2S. The zero-order valence-electron chi connectivity index (χ0n) is 15.7. The van der Waals surface area contributed by atoms with E-state index in [1.54, 1.807) is 12.1 Å². The molecule has 0 saturated heterocycles. The number of aliphatic imine (C=N–C) groups is 1. The molecule has 5 nitrogen and oxygen atoms in total. The first-order valence-electron chi connectivity index (χ1n) is 9.43. The number of hydrogen-bond acceptors (Lipinski definition) is 4. The Morgan fingerprint density at radius 3 is 2.56 bits per heavy atom. The highest BCUT2D eigenvalue weighted by Crippen LogP contribution is 2.25. The van der Waals surface area contributed by atoms with Gasteiger partial charge in [-0.05, 0) is 35.6 Å². The molecule has 0 radical (unpaired) electrons. The highest BCUT2D eigenvalue weighted by Gasteiger charge is 2.31. The van der Waals surface area contributed by atoms with E-state index in [2.05, 4.69) is 47.7 Å². The van der Waals surface area contributed by atoms with Gasteiger partial charge in [0.25, 0.3) is 10.0 Å². The van der Waals surface area contributed by atoms with Crippen LogP contribution in [-0.2, 0) is 23.0 Å². The largest absolute Gasteiger partial charge is 0.294 e. The normalized spacial score (nSPS) is 20.9. The lowest BCUT2D eigenvalue weighted by Crippen LogP contribution is -2.44. The van der Waals surface area contributed by atoms with Crippen molar-refractivity contribution in [2.24, 2.45) is 10.9 Å². The summed E-state index contributed by atoms with van der Waals surface area (Å²) in [6.07, 6.45) is 1.05. The summed E-state index contributed by atoms with van der Waals surface area (Å²) >= 11 is 0. The fourth-order valence-electron chi connectivity index (χ4n) is 3.98. The number of nitrogens with zero attached hydrogens (tertiary/aromatic N) is 2. The van der Waals surface area contributed by atoms with Crippen molar-refractivity contribution in [3.05, 3.63) is 65.2 Å². The molecule has 4 rings (SSSR count). The summed E-state index contributed by atoms with van der Waals surface area (Å²) in [6, 6.07) is 15.9. The third-order valence-corrected chi connectivity index (χ3v) is 6.90. The zero-order chi connectivity index (χ0) is 19.0. The summed E-state index contributed by atoms with van der Waals surface area (Å²) in [4.78, 5) is 7.49. The van der Waals surface area contributed by atoms with Gasteiger partial charge in [-0.2, -0.15) is 0 Å². The van der Waals surface area contributed by atoms with Gasteiger partial charge in [-0.3, -0.25) is 14.6 Å². The number of sulfonamides is 1. The molecule has 2 aromatic rings. The Labute approximate surface area is 161 Å². The van der Waals surface area contributed by atoms with Gasteiger partial charge in [-0.25, -0.2) is 8.42 Å². The third-order valence-electron chi connectivity index (χ3n) is 5.50. The highest BCUT2D eigenvalue weighted by atomic mass is 32.2. The van der Waals surface area contributed by atoms with Crippen LogP contribution in [0.5, 0.6) is 0 Å².